The van der Waals surface area contributed by atoms with Gasteiger partial charge in [0.2, 0.25) is 0 Å². The predicted octanol–water partition coefficient (Wildman–Crippen LogP) is 1.69. The van der Waals surface area contributed by atoms with Gasteiger partial charge in [-0.05, 0) is 26.8 Å². The molecule has 5 heteroatoms. The SMILES string of the molecule is CCOC(=O)CN(C(=O)c1ccoc1)C(C)C. The van der Waals surface area contributed by atoms with E-state index in [9.17, 15) is 9.59 Å². The minimum atomic E-state index is -0.405. The number of rotatable bonds is 5. The van der Waals surface area contributed by atoms with Gasteiger partial charge in [-0.3, -0.25) is 9.59 Å². The van der Waals surface area contributed by atoms with E-state index in [0.29, 0.717) is 12.2 Å². The second-order valence-electron chi connectivity index (χ2n) is 3.84. The summed E-state index contributed by atoms with van der Waals surface area (Å²) in [5, 5.41) is 0. The van der Waals surface area contributed by atoms with Gasteiger partial charge in [0.1, 0.15) is 12.8 Å². The van der Waals surface area contributed by atoms with Gasteiger partial charge in [-0.1, -0.05) is 0 Å². The van der Waals surface area contributed by atoms with Crippen LogP contribution in [0.15, 0.2) is 23.0 Å². The highest BCUT2D eigenvalue weighted by molar-refractivity contribution is 5.95. The normalized spacial score (nSPS) is 10.4. The summed E-state index contributed by atoms with van der Waals surface area (Å²) in [5.41, 5.74) is 0.433. The quantitative estimate of drug-likeness (QED) is 0.734. The Hall–Kier alpha value is -1.78. The van der Waals surface area contributed by atoms with Crippen LogP contribution in [0, 0.1) is 0 Å². The van der Waals surface area contributed by atoms with Crippen LogP contribution < -0.4 is 0 Å². The Labute approximate surface area is 100 Å². The monoisotopic (exact) mass is 239 g/mol. The Balaban J connectivity index is 2.73. The number of amides is 1. The molecule has 0 spiro atoms. The molecule has 17 heavy (non-hydrogen) atoms. The van der Waals surface area contributed by atoms with E-state index in [1.807, 2.05) is 13.8 Å². The molecule has 0 saturated carbocycles. The molecule has 0 saturated heterocycles. The number of esters is 1. The van der Waals surface area contributed by atoms with Crippen molar-refractivity contribution in [2.45, 2.75) is 26.8 Å². The first-order valence-electron chi connectivity index (χ1n) is 5.55. The van der Waals surface area contributed by atoms with Crippen molar-refractivity contribution in [3.63, 3.8) is 0 Å². The molecule has 1 aromatic rings. The Kier molecular flexibility index (Phi) is 4.75. The van der Waals surface area contributed by atoms with Crippen LogP contribution in [-0.4, -0.2) is 36.0 Å². The molecule has 1 amide bonds. The lowest BCUT2D eigenvalue weighted by Crippen LogP contribution is -2.41. The van der Waals surface area contributed by atoms with Crippen LogP contribution in [0.2, 0.25) is 0 Å². The number of furan rings is 1. The fourth-order valence-corrected chi connectivity index (χ4v) is 1.39. The largest absolute Gasteiger partial charge is 0.472 e. The summed E-state index contributed by atoms with van der Waals surface area (Å²) in [6, 6.07) is 1.49. The van der Waals surface area contributed by atoms with Crippen molar-refractivity contribution in [3.8, 4) is 0 Å². The van der Waals surface area contributed by atoms with E-state index in [4.69, 9.17) is 9.15 Å². The highest BCUT2D eigenvalue weighted by atomic mass is 16.5. The van der Waals surface area contributed by atoms with Crippen LogP contribution in [0.1, 0.15) is 31.1 Å². The smallest absolute Gasteiger partial charge is 0.325 e. The number of carbonyl (C=O) groups excluding carboxylic acids is 2. The summed E-state index contributed by atoms with van der Waals surface area (Å²) >= 11 is 0. The third-order valence-electron chi connectivity index (χ3n) is 2.26. The lowest BCUT2D eigenvalue weighted by atomic mass is 10.2. The van der Waals surface area contributed by atoms with E-state index in [2.05, 4.69) is 0 Å². The first-order chi connectivity index (χ1) is 8.06. The van der Waals surface area contributed by atoms with Gasteiger partial charge in [-0.2, -0.15) is 0 Å². The standard InChI is InChI=1S/C12H17NO4/c1-4-17-11(14)7-13(9(2)3)12(15)10-5-6-16-8-10/h5-6,8-9H,4,7H2,1-3H3. The zero-order valence-electron chi connectivity index (χ0n) is 10.3. The second kappa shape index (κ2) is 6.08. The average Bonchev–Trinajstić information content (AvgIpc) is 2.78. The number of hydrogen-bond acceptors (Lipinski definition) is 4. The molecule has 0 radical (unpaired) electrons. The van der Waals surface area contributed by atoms with Crippen molar-refractivity contribution in [1.29, 1.82) is 0 Å². The highest BCUT2D eigenvalue weighted by Crippen LogP contribution is 2.09. The molecule has 0 atom stereocenters. The molecule has 94 valence electrons. The molecule has 0 aliphatic rings. The summed E-state index contributed by atoms with van der Waals surface area (Å²) in [6.07, 6.45) is 2.79. The number of nitrogens with zero attached hydrogens (tertiary/aromatic N) is 1. The van der Waals surface area contributed by atoms with E-state index in [1.54, 1.807) is 13.0 Å². The van der Waals surface area contributed by atoms with Crippen LogP contribution in [0.5, 0.6) is 0 Å². The van der Waals surface area contributed by atoms with E-state index in [1.165, 1.54) is 17.4 Å². The minimum Gasteiger partial charge on any atom is -0.472 e. The van der Waals surface area contributed by atoms with Crippen LogP contribution >= 0.6 is 0 Å². The Bertz CT molecular complexity index is 370. The molecule has 0 bridgehead atoms. The summed E-state index contributed by atoms with van der Waals surface area (Å²) in [5.74, 6) is -0.639. The van der Waals surface area contributed by atoms with E-state index in [-0.39, 0.29) is 18.5 Å². The topological polar surface area (TPSA) is 59.8 Å². The molecule has 0 fully saturated rings. The maximum atomic E-state index is 12.0. The summed E-state index contributed by atoms with van der Waals surface area (Å²) < 4.78 is 9.69. The molecule has 1 heterocycles. The van der Waals surface area contributed by atoms with E-state index < -0.39 is 5.97 Å². The lowest BCUT2D eigenvalue weighted by Gasteiger charge is -2.25. The highest BCUT2D eigenvalue weighted by Gasteiger charge is 2.22. The van der Waals surface area contributed by atoms with Crippen molar-refractivity contribution < 1.29 is 18.7 Å². The Morgan fingerprint density at radius 3 is 2.65 bits per heavy atom. The molecule has 0 unspecified atom stereocenters. The second-order valence-corrected chi connectivity index (χ2v) is 3.84. The first-order valence-corrected chi connectivity index (χ1v) is 5.55. The first kappa shape index (κ1) is 13.3. The predicted molar refractivity (Wildman–Crippen MR) is 61.5 cm³/mol. The van der Waals surface area contributed by atoms with Gasteiger partial charge in [0.25, 0.3) is 5.91 Å². The fraction of sp³-hybridized carbons (Fsp3) is 0.500. The average molecular weight is 239 g/mol. The van der Waals surface area contributed by atoms with Crippen LogP contribution in [0.4, 0.5) is 0 Å². The molecular weight excluding hydrogens is 222 g/mol. The van der Waals surface area contributed by atoms with E-state index >= 15 is 0 Å². The maximum absolute atomic E-state index is 12.0. The van der Waals surface area contributed by atoms with Crippen LogP contribution in [0.25, 0.3) is 0 Å². The molecule has 0 aromatic carbocycles. The third kappa shape index (κ3) is 3.62. The summed E-state index contributed by atoms with van der Waals surface area (Å²) in [4.78, 5) is 24.9. The van der Waals surface area contributed by atoms with E-state index in [0.717, 1.165) is 0 Å². The zero-order valence-corrected chi connectivity index (χ0v) is 10.3. The Morgan fingerprint density at radius 1 is 1.47 bits per heavy atom. The van der Waals surface area contributed by atoms with Gasteiger partial charge in [-0.15, -0.1) is 0 Å². The van der Waals surface area contributed by atoms with Gasteiger partial charge >= 0.3 is 5.97 Å². The Morgan fingerprint density at radius 2 is 2.18 bits per heavy atom. The molecule has 1 rings (SSSR count). The molecule has 5 nitrogen and oxygen atoms in total. The zero-order chi connectivity index (χ0) is 12.8. The number of ether oxygens (including phenoxy) is 1. The molecule has 0 N–H and O–H groups in total. The fourth-order valence-electron chi connectivity index (χ4n) is 1.39. The van der Waals surface area contributed by atoms with Gasteiger partial charge in [-0.25, -0.2) is 0 Å². The van der Waals surface area contributed by atoms with Gasteiger partial charge in [0.15, 0.2) is 0 Å². The van der Waals surface area contributed by atoms with Gasteiger partial charge in [0, 0.05) is 6.04 Å². The van der Waals surface area contributed by atoms with Crippen molar-refractivity contribution in [2.75, 3.05) is 13.2 Å². The summed E-state index contributed by atoms with van der Waals surface area (Å²) in [7, 11) is 0. The van der Waals surface area contributed by atoms with Crippen LogP contribution in [-0.2, 0) is 9.53 Å². The van der Waals surface area contributed by atoms with Gasteiger partial charge in [0.05, 0.1) is 18.4 Å². The lowest BCUT2D eigenvalue weighted by molar-refractivity contribution is -0.144. The summed E-state index contributed by atoms with van der Waals surface area (Å²) in [6.45, 7) is 5.68. The number of carbonyl (C=O) groups is 2. The van der Waals surface area contributed by atoms with Crippen molar-refractivity contribution >= 4 is 11.9 Å². The van der Waals surface area contributed by atoms with Gasteiger partial charge < -0.3 is 14.1 Å². The maximum Gasteiger partial charge on any atom is 0.325 e. The van der Waals surface area contributed by atoms with Crippen molar-refractivity contribution in [3.05, 3.63) is 24.2 Å². The molecule has 0 aliphatic carbocycles. The van der Waals surface area contributed by atoms with Crippen molar-refractivity contribution in [2.24, 2.45) is 0 Å². The molecule has 0 aliphatic heterocycles. The van der Waals surface area contributed by atoms with Crippen molar-refractivity contribution in [1.82, 2.24) is 4.90 Å². The van der Waals surface area contributed by atoms with Crippen LogP contribution in [0.3, 0.4) is 0 Å². The third-order valence-corrected chi connectivity index (χ3v) is 2.26. The number of hydrogen-bond donors (Lipinski definition) is 0. The minimum absolute atomic E-state index is 0.0461. The molecular formula is C12H17NO4. The molecule has 1 aromatic heterocycles.